The van der Waals surface area contributed by atoms with E-state index < -0.39 is 70.8 Å². The Morgan fingerprint density at radius 2 is 1.42 bits per heavy atom. The van der Waals surface area contributed by atoms with Crippen molar-refractivity contribution in [3.63, 3.8) is 0 Å². The summed E-state index contributed by atoms with van der Waals surface area (Å²) in [6, 6.07) is 2.63. The highest BCUT2D eigenvalue weighted by Crippen LogP contribution is 2.35. The summed E-state index contributed by atoms with van der Waals surface area (Å²) in [5, 5.41) is 9.58. The topological polar surface area (TPSA) is 122 Å². The third-order valence-electron chi connectivity index (χ3n) is 3.46. The van der Waals surface area contributed by atoms with E-state index in [0.29, 0.717) is 6.07 Å². The highest BCUT2D eigenvalue weighted by Gasteiger charge is 2.47. The molecule has 0 atom stereocenters. The zero-order valence-corrected chi connectivity index (χ0v) is 16.3. The van der Waals surface area contributed by atoms with Crippen LogP contribution in [0, 0.1) is 23.3 Å². The molecular formula is C14H9F7N2O6S2. The van der Waals surface area contributed by atoms with Gasteiger partial charge in [0.15, 0.2) is 39.7 Å². The van der Waals surface area contributed by atoms with Gasteiger partial charge in [0, 0.05) is 6.07 Å². The smallest absolute Gasteiger partial charge is 0.504 e. The molecule has 0 aromatic heterocycles. The van der Waals surface area contributed by atoms with Crippen molar-refractivity contribution in [2.24, 2.45) is 0 Å². The summed E-state index contributed by atoms with van der Waals surface area (Å²) in [7, 11) is -10.8. The van der Waals surface area contributed by atoms with Crippen LogP contribution in [0.1, 0.15) is 0 Å². The average Bonchev–Trinajstić information content (AvgIpc) is 2.62. The molecule has 0 fully saturated rings. The molecule has 0 bridgehead atoms. The Balaban J connectivity index is 2.59. The second kappa shape index (κ2) is 7.95. The number of aromatic hydroxyl groups is 1. The molecule has 0 unspecified atom stereocenters. The van der Waals surface area contributed by atoms with Crippen molar-refractivity contribution in [1.82, 2.24) is 0 Å². The maximum Gasteiger partial charge on any atom is 0.516 e. The van der Waals surface area contributed by atoms with Crippen LogP contribution in [0.3, 0.4) is 0 Å². The molecule has 0 aliphatic carbocycles. The Labute approximate surface area is 169 Å². The molecular weight excluding hydrogens is 489 g/mol. The van der Waals surface area contributed by atoms with Crippen LogP contribution in [0.15, 0.2) is 23.1 Å². The van der Waals surface area contributed by atoms with Gasteiger partial charge in [-0.3, -0.25) is 9.44 Å². The number of nitrogens with one attached hydrogen (secondary N) is 2. The highest BCUT2D eigenvalue weighted by atomic mass is 32.2. The molecule has 2 aromatic carbocycles. The Hall–Kier alpha value is -2.95. The maximum atomic E-state index is 14.2. The lowest BCUT2D eigenvalue weighted by Crippen LogP contribution is -2.31. The molecule has 17 heteroatoms. The first kappa shape index (κ1) is 24.3. The van der Waals surface area contributed by atoms with Gasteiger partial charge in [-0.2, -0.15) is 21.6 Å². The van der Waals surface area contributed by atoms with Crippen LogP contribution in [0.2, 0.25) is 0 Å². The second-order valence-corrected chi connectivity index (χ2v) is 8.80. The number of methoxy groups -OCH3 is 1. The number of hydrogen-bond acceptors (Lipinski definition) is 6. The summed E-state index contributed by atoms with van der Waals surface area (Å²) < 4.78 is 146. The van der Waals surface area contributed by atoms with Crippen LogP contribution >= 0.6 is 0 Å². The van der Waals surface area contributed by atoms with Gasteiger partial charge in [0.1, 0.15) is 5.69 Å². The number of rotatable bonds is 6. The number of anilines is 2. The van der Waals surface area contributed by atoms with Crippen LogP contribution in [0.5, 0.6) is 11.5 Å². The van der Waals surface area contributed by atoms with E-state index >= 15 is 0 Å². The third kappa shape index (κ3) is 4.55. The molecule has 2 rings (SSSR count). The van der Waals surface area contributed by atoms with E-state index in [1.807, 2.05) is 0 Å². The van der Waals surface area contributed by atoms with E-state index in [0.717, 1.165) is 19.2 Å². The van der Waals surface area contributed by atoms with Gasteiger partial charge < -0.3 is 9.84 Å². The molecule has 0 spiro atoms. The number of phenolic OH excluding ortho intramolecular Hbond substituents is 1. The molecule has 0 aliphatic rings. The second-order valence-electron chi connectivity index (χ2n) is 5.50. The highest BCUT2D eigenvalue weighted by molar-refractivity contribution is 7.93. The SMILES string of the molecule is COc1ccc(NS(=O)(=O)c2c(F)c(F)c(NS(=O)(=O)C(F)(F)F)c(F)c2F)cc1O. The first-order valence-corrected chi connectivity index (χ1v) is 10.3. The van der Waals surface area contributed by atoms with E-state index in [-0.39, 0.29) is 10.5 Å². The van der Waals surface area contributed by atoms with Gasteiger partial charge in [-0.15, -0.1) is 0 Å². The molecule has 0 heterocycles. The van der Waals surface area contributed by atoms with Crippen molar-refractivity contribution in [2.45, 2.75) is 10.4 Å². The van der Waals surface area contributed by atoms with Crippen molar-refractivity contribution in [1.29, 1.82) is 0 Å². The van der Waals surface area contributed by atoms with E-state index in [1.165, 1.54) is 4.72 Å². The fraction of sp³-hybridized carbons (Fsp3) is 0.143. The number of benzene rings is 2. The van der Waals surface area contributed by atoms with Gasteiger partial charge in [0.25, 0.3) is 10.0 Å². The van der Waals surface area contributed by atoms with Crippen LogP contribution in [-0.2, 0) is 20.0 Å². The summed E-state index contributed by atoms with van der Waals surface area (Å²) in [4.78, 5) is -2.30. The van der Waals surface area contributed by atoms with Crippen molar-refractivity contribution in [3.05, 3.63) is 41.5 Å². The largest absolute Gasteiger partial charge is 0.516 e. The van der Waals surface area contributed by atoms with Crippen LogP contribution < -0.4 is 14.2 Å². The lowest BCUT2D eigenvalue weighted by molar-refractivity contribution is -0.0429. The molecule has 0 aliphatic heterocycles. The summed E-state index contributed by atoms with van der Waals surface area (Å²) in [6.07, 6.45) is 0. The third-order valence-corrected chi connectivity index (χ3v) is 5.95. The van der Waals surface area contributed by atoms with Gasteiger partial charge in [0.2, 0.25) is 0 Å². The zero-order valence-electron chi connectivity index (χ0n) is 14.7. The lowest BCUT2D eigenvalue weighted by atomic mass is 10.2. The Bertz CT molecular complexity index is 1220. The van der Waals surface area contributed by atoms with Gasteiger partial charge in [-0.05, 0) is 12.1 Å². The molecule has 2 aromatic rings. The van der Waals surface area contributed by atoms with Gasteiger partial charge >= 0.3 is 15.5 Å². The molecule has 172 valence electrons. The molecule has 0 radical (unpaired) electrons. The van der Waals surface area contributed by atoms with Crippen LogP contribution in [0.25, 0.3) is 0 Å². The Morgan fingerprint density at radius 1 is 0.903 bits per heavy atom. The summed E-state index contributed by atoms with van der Waals surface area (Å²) in [6.45, 7) is 0. The minimum absolute atomic E-state index is 0.140. The molecule has 3 N–H and O–H groups in total. The average molecular weight is 498 g/mol. The Kier molecular flexibility index (Phi) is 6.24. The molecule has 0 amide bonds. The van der Waals surface area contributed by atoms with Gasteiger partial charge in [-0.25, -0.2) is 26.0 Å². The number of halogens is 7. The molecule has 0 saturated carbocycles. The van der Waals surface area contributed by atoms with Crippen LogP contribution in [0.4, 0.5) is 42.1 Å². The lowest BCUT2D eigenvalue weighted by Gasteiger charge is -2.16. The predicted molar refractivity (Wildman–Crippen MR) is 90.3 cm³/mol. The van der Waals surface area contributed by atoms with E-state index in [4.69, 9.17) is 0 Å². The van der Waals surface area contributed by atoms with Crippen molar-refractivity contribution >= 4 is 31.4 Å². The summed E-state index contributed by atoms with van der Waals surface area (Å²) in [5.74, 6) is -11.7. The quantitative estimate of drug-likeness (QED) is 0.416. The number of alkyl halides is 3. The van der Waals surface area contributed by atoms with Gasteiger partial charge in [0.05, 0.1) is 12.8 Å². The number of phenols is 1. The standard InChI is InChI=1S/C14H9F7N2O6S2/c1-29-7-3-2-5(4-6(7)24)22-30(25,26)13-10(17)8(15)12(9(16)11(13)18)23-31(27,28)14(19,20)21/h2-4,22-24H,1H3. The zero-order chi connectivity index (χ0) is 23.9. The fourth-order valence-corrected chi connectivity index (χ4v) is 3.84. The minimum Gasteiger partial charge on any atom is -0.504 e. The summed E-state index contributed by atoms with van der Waals surface area (Å²) >= 11 is 0. The normalized spacial score (nSPS) is 12.5. The number of ether oxygens (including phenoxy) is 1. The monoisotopic (exact) mass is 498 g/mol. The van der Waals surface area contributed by atoms with Crippen molar-refractivity contribution < 1.29 is 57.4 Å². The first-order valence-electron chi connectivity index (χ1n) is 7.38. The van der Waals surface area contributed by atoms with E-state index in [9.17, 15) is 52.7 Å². The number of sulfonamides is 2. The first-order chi connectivity index (χ1) is 14.0. The Morgan fingerprint density at radius 3 is 1.84 bits per heavy atom. The predicted octanol–water partition coefficient (Wildman–Crippen LogP) is 3.02. The molecule has 8 nitrogen and oxygen atoms in total. The maximum absolute atomic E-state index is 14.2. The van der Waals surface area contributed by atoms with E-state index in [2.05, 4.69) is 4.74 Å². The number of hydrogen-bond donors (Lipinski definition) is 3. The fourth-order valence-electron chi connectivity index (χ4n) is 2.09. The van der Waals surface area contributed by atoms with Crippen LogP contribution in [-0.4, -0.2) is 34.6 Å². The van der Waals surface area contributed by atoms with Gasteiger partial charge in [-0.1, -0.05) is 0 Å². The molecule has 31 heavy (non-hydrogen) atoms. The molecule has 0 saturated heterocycles. The van der Waals surface area contributed by atoms with Crippen molar-refractivity contribution in [3.8, 4) is 11.5 Å². The summed E-state index contributed by atoms with van der Waals surface area (Å²) in [5.41, 5.74) is -9.09. The van der Waals surface area contributed by atoms with E-state index in [1.54, 1.807) is 0 Å². The minimum atomic E-state index is -6.51. The van der Waals surface area contributed by atoms with Crippen molar-refractivity contribution in [2.75, 3.05) is 16.6 Å².